The Morgan fingerprint density at radius 2 is 2.00 bits per heavy atom. The van der Waals surface area contributed by atoms with Gasteiger partial charge in [0.25, 0.3) is 5.91 Å². The summed E-state index contributed by atoms with van der Waals surface area (Å²) in [4.78, 5) is 14.3. The van der Waals surface area contributed by atoms with Crippen molar-refractivity contribution < 1.29 is 18.0 Å². The van der Waals surface area contributed by atoms with Crippen LogP contribution in [0.2, 0.25) is 0 Å². The normalized spacial score (nSPS) is 17.7. The number of nitrogens with one attached hydrogen (secondary N) is 1. The Labute approximate surface area is 122 Å². The Balaban J connectivity index is 1.98. The molecule has 0 spiro atoms. The van der Waals surface area contributed by atoms with E-state index in [0.717, 1.165) is 44.6 Å². The number of hydrogen-bond donors (Lipinski definition) is 1. The SMILES string of the molecule is CCN1CCC(NC(=O)c2cccc(C(F)(F)F)c2)CC1. The molecule has 0 unspecified atom stereocenters. The average Bonchev–Trinajstić information content (AvgIpc) is 2.47. The number of likely N-dealkylation sites (tertiary alicyclic amines) is 1. The highest BCUT2D eigenvalue weighted by atomic mass is 19.4. The zero-order valence-electron chi connectivity index (χ0n) is 11.9. The average molecular weight is 300 g/mol. The number of hydrogen-bond acceptors (Lipinski definition) is 2. The number of nitrogens with zero attached hydrogens (tertiary/aromatic N) is 1. The molecule has 1 aromatic carbocycles. The van der Waals surface area contributed by atoms with Crippen molar-refractivity contribution in [2.45, 2.75) is 32.0 Å². The minimum Gasteiger partial charge on any atom is -0.349 e. The van der Waals surface area contributed by atoms with Gasteiger partial charge in [0.2, 0.25) is 0 Å². The monoisotopic (exact) mass is 300 g/mol. The third-order valence-corrected chi connectivity index (χ3v) is 3.82. The number of carbonyl (C=O) groups is 1. The smallest absolute Gasteiger partial charge is 0.349 e. The van der Waals surface area contributed by atoms with E-state index in [1.165, 1.54) is 12.1 Å². The van der Waals surface area contributed by atoms with E-state index in [-0.39, 0.29) is 11.6 Å². The Morgan fingerprint density at radius 1 is 1.33 bits per heavy atom. The zero-order valence-corrected chi connectivity index (χ0v) is 11.9. The van der Waals surface area contributed by atoms with Gasteiger partial charge in [-0.15, -0.1) is 0 Å². The highest BCUT2D eigenvalue weighted by Gasteiger charge is 2.31. The van der Waals surface area contributed by atoms with Crippen molar-refractivity contribution in [3.63, 3.8) is 0 Å². The van der Waals surface area contributed by atoms with Crippen molar-refractivity contribution in [3.05, 3.63) is 35.4 Å². The lowest BCUT2D eigenvalue weighted by atomic mass is 10.0. The molecular weight excluding hydrogens is 281 g/mol. The molecule has 1 saturated heterocycles. The molecule has 3 nitrogen and oxygen atoms in total. The van der Waals surface area contributed by atoms with E-state index in [2.05, 4.69) is 17.1 Å². The summed E-state index contributed by atoms with van der Waals surface area (Å²) in [5, 5.41) is 2.83. The topological polar surface area (TPSA) is 32.3 Å². The summed E-state index contributed by atoms with van der Waals surface area (Å²) in [5.74, 6) is -0.434. The molecule has 1 fully saturated rings. The van der Waals surface area contributed by atoms with Crippen molar-refractivity contribution in [2.75, 3.05) is 19.6 Å². The molecule has 1 amide bonds. The Morgan fingerprint density at radius 3 is 2.57 bits per heavy atom. The Kier molecular flexibility index (Phi) is 4.88. The van der Waals surface area contributed by atoms with Crippen molar-refractivity contribution in [3.8, 4) is 0 Å². The zero-order chi connectivity index (χ0) is 15.5. The van der Waals surface area contributed by atoms with Gasteiger partial charge >= 0.3 is 6.18 Å². The number of halogens is 3. The first-order valence-corrected chi connectivity index (χ1v) is 7.10. The highest BCUT2D eigenvalue weighted by molar-refractivity contribution is 5.94. The maximum Gasteiger partial charge on any atom is 0.416 e. The van der Waals surface area contributed by atoms with Crippen LogP contribution in [-0.2, 0) is 6.18 Å². The second kappa shape index (κ2) is 6.47. The van der Waals surface area contributed by atoms with Crippen LogP contribution in [-0.4, -0.2) is 36.5 Å². The number of amides is 1. The highest BCUT2D eigenvalue weighted by Crippen LogP contribution is 2.29. The lowest BCUT2D eigenvalue weighted by Crippen LogP contribution is -2.44. The van der Waals surface area contributed by atoms with Gasteiger partial charge in [0, 0.05) is 24.7 Å². The van der Waals surface area contributed by atoms with Crippen LogP contribution in [0, 0.1) is 0 Å². The molecule has 6 heteroatoms. The molecule has 1 aliphatic heterocycles. The van der Waals surface area contributed by atoms with E-state index in [9.17, 15) is 18.0 Å². The minimum atomic E-state index is -4.43. The summed E-state index contributed by atoms with van der Waals surface area (Å²) in [6, 6.07) is 4.57. The largest absolute Gasteiger partial charge is 0.416 e. The van der Waals surface area contributed by atoms with Gasteiger partial charge in [-0.3, -0.25) is 4.79 Å². The van der Waals surface area contributed by atoms with Crippen LogP contribution in [0.4, 0.5) is 13.2 Å². The van der Waals surface area contributed by atoms with Gasteiger partial charge in [-0.2, -0.15) is 13.2 Å². The molecule has 0 radical (unpaired) electrons. The molecule has 0 aliphatic carbocycles. The second-order valence-electron chi connectivity index (χ2n) is 5.26. The van der Waals surface area contributed by atoms with E-state index in [0.29, 0.717) is 0 Å². The fraction of sp³-hybridized carbons (Fsp3) is 0.533. The summed E-state index contributed by atoms with van der Waals surface area (Å²) in [7, 11) is 0. The molecule has 1 aliphatic rings. The first-order chi connectivity index (χ1) is 9.90. The summed E-state index contributed by atoms with van der Waals surface area (Å²) in [5.41, 5.74) is -0.737. The van der Waals surface area contributed by atoms with Gasteiger partial charge in [-0.25, -0.2) is 0 Å². The number of alkyl halides is 3. The molecule has 1 N–H and O–H groups in total. The first-order valence-electron chi connectivity index (χ1n) is 7.10. The summed E-state index contributed by atoms with van der Waals surface area (Å²) in [6.45, 7) is 4.88. The third kappa shape index (κ3) is 4.20. The van der Waals surface area contributed by atoms with Crippen LogP contribution in [0.3, 0.4) is 0 Å². The third-order valence-electron chi connectivity index (χ3n) is 3.82. The van der Waals surface area contributed by atoms with Gasteiger partial charge in [0.05, 0.1) is 5.56 Å². The van der Waals surface area contributed by atoms with Gasteiger partial charge < -0.3 is 10.2 Å². The molecule has 2 rings (SSSR count). The molecule has 0 aromatic heterocycles. The molecule has 21 heavy (non-hydrogen) atoms. The van der Waals surface area contributed by atoms with Crippen molar-refractivity contribution in [1.29, 1.82) is 0 Å². The van der Waals surface area contributed by atoms with Crippen LogP contribution >= 0.6 is 0 Å². The van der Waals surface area contributed by atoms with Crippen molar-refractivity contribution in [2.24, 2.45) is 0 Å². The van der Waals surface area contributed by atoms with E-state index in [1.54, 1.807) is 0 Å². The standard InChI is InChI=1S/C15H19F3N2O/c1-2-20-8-6-13(7-9-20)19-14(21)11-4-3-5-12(10-11)15(16,17)18/h3-5,10,13H,2,6-9H2,1H3,(H,19,21). The molecular formula is C15H19F3N2O. The minimum absolute atomic E-state index is 0.0369. The van der Waals surface area contributed by atoms with Gasteiger partial charge in [0.15, 0.2) is 0 Å². The molecule has 116 valence electrons. The quantitative estimate of drug-likeness (QED) is 0.931. The van der Waals surface area contributed by atoms with E-state index in [4.69, 9.17) is 0 Å². The summed E-state index contributed by atoms with van der Waals surface area (Å²) >= 11 is 0. The van der Waals surface area contributed by atoms with Crippen LogP contribution in [0.15, 0.2) is 24.3 Å². The van der Waals surface area contributed by atoms with Crippen LogP contribution < -0.4 is 5.32 Å². The molecule has 0 bridgehead atoms. The Bertz CT molecular complexity index is 494. The van der Waals surface area contributed by atoms with Crippen molar-refractivity contribution in [1.82, 2.24) is 10.2 Å². The molecule has 0 saturated carbocycles. The number of benzene rings is 1. The number of carbonyl (C=O) groups excluding carboxylic acids is 1. The molecule has 0 atom stereocenters. The first kappa shape index (κ1) is 15.8. The molecule has 1 heterocycles. The van der Waals surface area contributed by atoms with E-state index < -0.39 is 17.6 Å². The van der Waals surface area contributed by atoms with Crippen LogP contribution in [0.5, 0.6) is 0 Å². The van der Waals surface area contributed by atoms with Gasteiger partial charge in [-0.05, 0) is 37.6 Å². The fourth-order valence-electron chi connectivity index (χ4n) is 2.50. The summed E-state index contributed by atoms with van der Waals surface area (Å²) < 4.78 is 37.9. The number of rotatable bonds is 3. The van der Waals surface area contributed by atoms with Crippen molar-refractivity contribution >= 4 is 5.91 Å². The van der Waals surface area contributed by atoms with E-state index >= 15 is 0 Å². The van der Waals surface area contributed by atoms with Crippen LogP contribution in [0.1, 0.15) is 35.7 Å². The maximum absolute atomic E-state index is 12.6. The molecule has 1 aromatic rings. The lowest BCUT2D eigenvalue weighted by molar-refractivity contribution is -0.137. The predicted molar refractivity (Wildman–Crippen MR) is 74.0 cm³/mol. The summed E-state index contributed by atoms with van der Waals surface area (Å²) in [6.07, 6.45) is -2.76. The predicted octanol–water partition coefficient (Wildman–Crippen LogP) is 2.92. The lowest BCUT2D eigenvalue weighted by Gasteiger charge is -2.31. The number of piperidine rings is 1. The van der Waals surface area contributed by atoms with E-state index in [1.807, 2.05) is 0 Å². The Hall–Kier alpha value is -1.56. The van der Waals surface area contributed by atoms with Gasteiger partial charge in [0.1, 0.15) is 0 Å². The maximum atomic E-state index is 12.6. The second-order valence-corrected chi connectivity index (χ2v) is 5.26. The fourth-order valence-corrected chi connectivity index (χ4v) is 2.50. The van der Waals surface area contributed by atoms with Gasteiger partial charge in [-0.1, -0.05) is 13.0 Å². The van der Waals surface area contributed by atoms with Crippen LogP contribution in [0.25, 0.3) is 0 Å².